The molecule has 0 heterocycles. The first-order valence-corrected chi connectivity index (χ1v) is 12.3. The van der Waals surface area contributed by atoms with Crippen LogP contribution in [0.4, 0.5) is 0 Å². The number of aliphatic hydroxyl groups excluding tert-OH is 1. The minimum atomic E-state index is -0.287. The van der Waals surface area contributed by atoms with Crippen LogP contribution in [-0.4, -0.2) is 30.8 Å². The number of unbranched alkanes of at least 4 members (excludes halogenated alkanes) is 15. The fourth-order valence-electron chi connectivity index (χ4n) is 3.14. The maximum atomic E-state index is 8.54. The molecule has 1 atom stereocenters. The Bertz CT molecular complexity index is 214. The van der Waals surface area contributed by atoms with Crippen LogP contribution in [0.25, 0.3) is 0 Å². The molecular formula is C24H54N2O. The Morgan fingerprint density at radius 3 is 1.26 bits per heavy atom. The highest BCUT2D eigenvalue weighted by Crippen LogP contribution is 2.13. The van der Waals surface area contributed by atoms with Crippen molar-refractivity contribution in [2.45, 2.75) is 136 Å². The Morgan fingerprint density at radius 2 is 1.00 bits per heavy atom. The van der Waals surface area contributed by atoms with Gasteiger partial charge in [0.05, 0.1) is 6.10 Å². The summed E-state index contributed by atoms with van der Waals surface area (Å²) in [5.74, 6) is 0. The molecule has 0 aromatic rings. The summed E-state index contributed by atoms with van der Waals surface area (Å²) in [6, 6.07) is 0. The van der Waals surface area contributed by atoms with Crippen molar-refractivity contribution in [2.24, 2.45) is 5.73 Å². The third-order valence-corrected chi connectivity index (χ3v) is 5.20. The summed E-state index contributed by atoms with van der Waals surface area (Å²) in [6.45, 7) is 9.11. The maximum Gasteiger partial charge on any atom is 0.0659 e. The van der Waals surface area contributed by atoms with Crippen LogP contribution in [0.15, 0.2) is 0 Å². The van der Waals surface area contributed by atoms with Crippen molar-refractivity contribution >= 4 is 0 Å². The van der Waals surface area contributed by atoms with Gasteiger partial charge in [0.25, 0.3) is 0 Å². The van der Waals surface area contributed by atoms with E-state index in [9.17, 15) is 0 Å². The lowest BCUT2D eigenvalue weighted by Gasteiger charge is -2.04. The van der Waals surface area contributed by atoms with E-state index in [1.54, 1.807) is 0 Å². The summed E-state index contributed by atoms with van der Waals surface area (Å²) < 4.78 is 0. The zero-order valence-corrected chi connectivity index (χ0v) is 19.2. The first kappa shape index (κ1) is 29.1. The molecule has 3 heteroatoms. The minimum Gasteiger partial charge on any atom is -0.392 e. The van der Waals surface area contributed by atoms with Gasteiger partial charge in [-0.2, -0.15) is 0 Å². The summed E-state index contributed by atoms with van der Waals surface area (Å²) >= 11 is 0. The highest BCUT2D eigenvalue weighted by molar-refractivity contribution is 4.51. The monoisotopic (exact) mass is 386 g/mol. The molecule has 0 rings (SSSR count). The lowest BCUT2D eigenvalue weighted by atomic mass is 10.0. The maximum absolute atomic E-state index is 8.54. The second kappa shape index (κ2) is 28.1. The lowest BCUT2D eigenvalue weighted by Crippen LogP contribution is -2.17. The molecule has 0 aliphatic rings. The molecule has 0 saturated heterocycles. The third kappa shape index (κ3) is 30.8. The van der Waals surface area contributed by atoms with Gasteiger partial charge in [0.15, 0.2) is 0 Å². The summed E-state index contributed by atoms with van der Waals surface area (Å²) in [5.41, 5.74) is 5.03. The minimum absolute atomic E-state index is 0.287. The largest absolute Gasteiger partial charge is 0.392 e. The van der Waals surface area contributed by atoms with Crippen molar-refractivity contribution in [2.75, 3.05) is 19.6 Å². The van der Waals surface area contributed by atoms with Gasteiger partial charge < -0.3 is 16.2 Å². The fourth-order valence-corrected chi connectivity index (χ4v) is 3.14. The predicted octanol–water partition coefficient (Wildman–Crippen LogP) is 6.57. The normalized spacial score (nSPS) is 11.9. The molecular weight excluding hydrogens is 332 g/mol. The van der Waals surface area contributed by atoms with Crippen LogP contribution in [0.5, 0.6) is 0 Å². The van der Waals surface area contributed by atoms with Gasteiger partial charge in [0, 0.05) is 6.54 Å². The van der Waals surface area contributed by atoms with Gasteiger partial charge in [0.1, 0.15) is 0 Å². The Balaban J connectivity index is 0. The molecule has 0 aromatic heterocycles. The highest BCUT2D eigenvalue weighted by atomic mass is 16.3. The molecule has 0 amide bonds. The third-order valence-electron chi connectivity index (χ3n) is 5.20. The first-order chi connectivity index (χ1) is 13.2. The van der Waals surface area contributed by atoms with Crippen molar-refractivity contribution in [3.05, 3.63) is 0 Å². The fraction of sp³-hybridized carbons (Fsp3) is 1.00. The van der Waals surface area contributed by atoms with Gasteiger partial charge in [-0.05, 0) is 25.9 Å². The smallest absolute Gasteiger partial charge is 0.0659 e. The molecule has 4 N–H and O–H groups in total. The summed E-state index contributed by atoms with van der Waals surface area (Å²) in [6.07, 6.45) is 23.8. The van der Waals surface area contributed by atoms with E-state index in [4.69, 9.17) is 10.8 Å². The Kier molecular flexibility index (Phi) is 30.3. The van der Waals surface area contributed by atoms with E-state index >= 15 is 0 Å². The van der Waals surface area contributed by atoms with E-state index in [0.717, 1.165) is 13.0 Å². The second-order valence-corrected chi connectivity index (χ2v) is 7.95. The van der Waals surface area contributed by atoms with Crippen LogP contribution >= 0.6 is 0 Å². The van der Waals surface area contributed by atoms with Crippen molar-refractivity contribution in [3.63, 3.8) is 0 Å². The van der Waals surface area contributed by atoms with E-state index < -0.39 is 0 Å². The van der Waals surface area contributed by atoms with Crippen molar-refractivity contribution in [1.82, 2.24) is 5.32 Å². The molecule has 0 fully saturated rings. The van der Waals surface area contributed by atoms with E-state index in [1.807, 2.05) is 6.92 Å². The topological polar surface area (TPSA) is 58.3 Å². The molecule has 0 spiro atoms. The van der Waals surface area contributed by atoms with Gasteiger partial charge in [-0.3, -0.25) is 0 Å². The summed E-state index contributed by atoms with van der Waals surface area (Å²) in [5, 5.41) is 11.9. The van der Waals surface area contributed by atoms with Crippen LogP contribution in [0.1, 0.15) is 130 Å². The quantitative estimate of drug-likeness (QED) is 0.207. The Labute approximate surface area is 172 Å². The Morgan fingerprint density at radius 1 is 0.630 bits per heavy atom. The first-order valence-electron chi connectivity index (χ1n) is 12.3. The van der Waals surface area contributed by atoms with Crippen molar-refractivity contribution in [3.8, 4) is 0 Å². The van der Waals surface area contributed by atoms with Gasteiger partial charge >= 0.3 is 0 Å². The molecule has 1 unspecified atom stereocenters. The number of rotatable bonds is 20. The van der Waals surface area contributed by atoms with Crippen LogP contribution in [0, 0.1) is 0 Å². The van der Waals surface area contributed by atoms with E-state index in [0.29, 0.717) is 6.54 Å². The molecule has 0 bridgehead atoms. The zero-order chi connectivity index (χ0) is 20.4. The van der Waals surface area contributed by atoms with Gasteiger partial charge in [-0.15, -0.1) is 0 Å². The highest BCUT2D eigenvalue weighted by Gasteiger charge is 1.94. The number of nitrogens with one attached hydrogen (secondary N) is 1. The molecule has 166 valence electrons. The van der Waals surface area contributed by atoms with Crippen LogP contribution in [0.3, 0.4) is 0 Å². The van der Waals surface area contributed by atoms with Crippen LogP contribution in [-0.2, 0) is 0 Å². The molecule has 0 radical (unpaired) electrons. The number of hydrogen-bond donors (Lipinski definition) is 3. The molecule has 0 saturated carbocycles. The van der Waals surface area contributed by atoms with Crippen LogP contribution in [0.2, 0.25) is 0 Å². The Hall–Kier alpha value is -0.120. The summed E-state index contributed by atoms with van der Waals surface area (Å²) in [7, 11) is 0. The molecule has 27 heavy (non-hydrogen) atoms. The average molecular weight is 387 g/mol. The van der Waals surface area contributed by atoms with E-state index in [1.165, 1.54) is 109 Å². The van der Waals surface area contributed by atoms with E-state index in [2.05, 4.69) is 19.2 Å². The number of nitrogens with two attached hydrogens (primary N) is 1. The SMILES string of the molecule is CCC(O)CN.CCCCCCCCCCCCCCCCCCNCC. The van der Waals surface area contributed by atoms with Gasteiger partial charge in [-0.1, -0.05) is 117 Å². The zero-order valence-electron chi connectivity index (χ0n) is 19.2. The van der Waals surface area contributed by atoms with Crippen LogP contribution < -0.4 is 11.1 Å². The van der Waals surface area contributed by atoms with Crippen molar-refractivity contribution < 1.29 is 5.11 Å². The van der Waals surface area contributed by atoms with Gasteiger partial charge in [0.2, 0.25) is 0 Å². The second-order valence-electron chi connectivity index (χ2n) is 7.95. The molecule has 0 aliphatic carbocycles. The number of hydrogen-bond acceptors (Lipinski definition) is 3. The van der Waals surface area contributed by atoms with Crippen molar-refractivity contribution in [1.29, 1.82) is 0 Å². The average Bonchev–Trinajstić information content (AvgIpc) is 2.70. The molecule has 0 aliphatic heterocycles. The summed E-state index contributed by atoms with van der Waals surface area (Å²) in [4.78, 5) is 0. The molecule has 0 aromatic carbocycles. The predicted molar refractivity (Wildman–Crippen MR) is 123 cm³/mol. The van der Waals surface area contributed by atoms with Gasteiger partial charge in [-0.25, -0.2) is 0 Å². The lowest BCUT2D eigenvalue weighted by molar-refractivity contribution is 0.179. The number of aliphatic hydroxyl groups is 1. The molecule has 3 nitrogen and oxygen atoms in total. The van der Waals surface area contributed by atoms with E-state index in [-0.39, 0.29) is 6.10 Å². The standard InChI is InChI=1S/C20H43N.C4H11NO/c1-3-5-6-7-8-9-10-11-12-13-14-15-16-17-18-19-20-21-4-2;1-2-4(6)3-5/h21H,3-20H2,1-2H3;4,6H,2-3,5H2,1H3.